The number of hydrogen-bond donors (Lipinski definition) is 1. The van der Waals surface area contributed by atoms with Gasteiger partial charge in [0.05, 0.1) is 11.5 Å². The monoisotopic (exact) mass is 202 g/mol. The molecule has 1 aromatic rings. The fraction of sp³-hybridized carbons (Fsp3) is 0.250. The lowest BCUT2D eigenvalue weighted by molar-refractivity contribution is 0.182. The Morgan fingerprint density at radius 3 is 2.54 bits per heavy atom. The van der Waals surface area contributed by atoms with Crippen LogP contribution in [0.15, 0.2) is 29.2 Å². The van der Waals surface area contributed by atoms with Crippen molar-refractivity contribution in [2.75, 3.05) is 7.11 Å². The number of hydrogen-bond acceptors (Lipinski definition) is 3. The normalized spacial score (nSPS) is 11.5. The number of methoxy groups -OCH3 is 1. The molecule has 0 bridgehead atoms. The first kappa shape index (κ1) is 10.2. The van der Waals surface area contributed by atoms with Crippen molar-refractivity contribution in [1.82, 2.24) is 0 Å². The Balaban J connectivity index is 3.20. The summed E-state index contributed by atoms with van der Waals surface area (Å²) in [6, 6.07) is 6.15. The second-order valence-electron chi connectivity index (χ2n) is 2.52. The van der Waals surface area contributed by atoms with Crippen LogP contribution in [0.4, 0.5) is 0 Å². The lowest BCUT2D eigenvalue weighted by Crippen LogP contribution is -2.03. The summed E-state index contributed by atoms with van der Waals surface area (Å²) in [7, 11) is -2.68. The maximum atomic E-state index is 10.8. The minimum Gasteiger partial charge on any atom is -0.380 e. The van der Waals surface area contributed by atoms with Crippen LogP contribution in [0.5, 0.6) is 0 Å². The molecular formula is C8H10O4S. The molecule has 5 heteroatoms. The van der Waals surface area contributed by atoms with Crippen molar-refractivity contribution < 1.29 is 17.7 Å². The molecule has 72 valence electrons. The summed E-state index contributed by atoms with van der Waals surface area (Å²) < 4.78 is 35.3. The third-order valence-corrected chi connectivity index (χ3v) is 2.50. The van der Waals surface area contributed by atoms with Crippen LogP contribution < -0.4 is 0 Å². The van der Waals surface area contributed by atoms with Crippen LogP contribution in [0.3, 0.4) is 0 Å². The van der Waals surface area contributed by atoms with Crippen molar-refractivity contribution in [3.63, 3.8) is 0 Å². The molecular weight excluding hydrogens is 192 g/mol. The molecule has 1 N–H and O–H groups in total. The zero-order valence-corrected chi connectivity index (χ0v) is 7.91. The molecule has 0 saturated heterocycles. The van der Waals surface area contributed by atoms with Gasteiger partial charge in [-0.3, -0.25) is 4.55 Å². The Morgan fingerprint density at radius 2 is 2.00 bits per heavy atom. The highest BCUT2D eigenvalue weighted by Crippen LogP contribution is 2.15. The van der Waals surface area contributed by atoms with Gasteiger partial charge < -0.3 is 4.74 Å². The van der Waals surface area contributed by atoms with Crippen LogP contribution in [-0.4, -0.2) is 20.1 Å². The summed E-state index contributed by atoms with van der Waals surface area (Å²) in [6.45, 7) is 0.163. The van der Waals surface area contributed by atoms with Gasteiger partial charge in [-0.05, 0) is 11.6 Å². The molecule has 1 aromatic carbocycles. The first-order valence-corrected chi connectivity index (χ1v) is 5.04. The van der Waals surface area contributed by atoms with Crippen molar-refractivity contribution >= 4 is 10.1 Å². The van der Waals surface area contributed by atoms with E-state index >= 15 is 0 Å². The van der Waals surface area contributed by atoms with E-state index in [1.165, 1.54) is 13.2 Å². The van der Waals surface area contributed by atoms with E-state index < -0.39 is 10.1 Å². The van der Waals surface area contributed by atoms with E-state index in [0.29, 0.717) is 5.56 Å². The third kappa shape index (κ3) is 2.51. The van der Waals surface area contributed by atoms with Gasteiger partial charge >= 0.3 is 0 Å². The number of benzene rings is 1. The minimum atomic E-state index is -4.14. The summed E-state index contributed by atoms with van der Waals surface area (Å²) in [5.74, 6) is 0. The highest BCUT2D eigenvalue weighted by molar-refractivity contribution is 7.85. The standard InChI is InChI=1S/C8H10O4S/c1-12-6-7-4-2-3-5-8(7)13(9,10)11/h2-5H,6H2,1H3,(H,9,10,11). The van der Waals surface area contributed by atoms with Gasteiger partial charge in [0.15, 0.2) is 0 Å². The molecule has 0 fully saturated rings. The van der Waals surface area contributed by atoms with Crippen LogP contribution in [0.2, 0.25) is 0 Å². The van der Waals surface area contributed by atoms with E-state index in [9.17, 15) is 8.42 Å². The summed E-state index contributed by atoms with van der Waals surface area (Å²) in [4.78, 5) is -0.100. The molecule has 0 aliphatic heterocycles. The van der Waals surface area contributed by atoms with Gasteiger partial charge in [-0.2, -0.15) is 8.42 Å². The van der Waals surface area contributed by atoms with Crippen LogP contribution in [0, 0.1) is 0 Å². The van der Waals surface area contributed by atoms with Gasteiger partial charge in [-0.1, -0.05) is 18.2 Å². The summed E-state index contributed by atoms with van der Waals surface area (Å²) >= 11 is 0. The molecule has 0 spiro atoms. The number of ether oxygens (including phenoxy) is 1. The van der Waals surface area contributed by atoms with E-state index in [2.05, 4.69) is 0 Å². The average molecular weight is 202 g/mol. The first-order valence-electron chi connectivity index (χ1n) is 3.60. The summed E-state index contributed by atoms with van der Waals surface area (Å²) in [5.41, 5.74) is 0.451. The Hall–Kier alpha value is -0.910. The smallest absolute Gasteiger partial charge is 0.294 e. The highest BCUT2D eigenvalue weighted by atomic mass is 32.2. The van der Waals surface area contributed by atoms with Crippen LogP contribution in [0.25, 0.3) is 0 Å². The second-order valence-corrected chi connectivity index (χ2v) is 3.91. The fourth-order valence-corrected chi connectivity index (χ4v) is 1.74. The molecule has 0 unspecified atom stereocenters. The molecule has 0 aliphatic rings. The zero-order valence-electron chi connectivity index (χ0n) is 7.10. The highest BCUT2D eigenvalue weighted by Gasteiger charge is 2.13. The van der Waals surface area contributed by atoms with Gasteiger partial charge in [-0.25, -0.2) is 0 Å². The Labute approximate surface area is 76.9 Å². The Kier molecular flexibility index (Phi) is 3.02. The largest absolute Gasteiger partial charge is 0.380 e. The summed E-state index contributed by atoms with van der Waals surface area (Å²) in [6.07, 6.45) is 0. The predicted octanol–water partition coefficient (Wildman–Crippen LogP) is 1.08. The lowest BCUT2D eigenvalue weighted by atomic mass is 10.2. The Bertz CT molecular complexity index is 383. The minimum absolute atomic E-state index is 0.100. The van der Waals surface area contributed by atoms with Crippen molar-refractivity contribution in [3.8, 4) is 0 Å². The van der Waals surface area contributed by atoms with Gasteiger partial charge in [0.2, 0.25) is 0 Å². The van der Waals surface area contributed by atoms with E-state index in [-0.39, 0.29) is 11.5 Å². The molecule has 1 rings (SSSR count). The van der Waals surface area contributed by atoms with E-state index in [4.69, 9.17) is 9.29 Å². The van der Waals surface area contributed by atoms with Gasteiger partial charge in [-0.15, -0.1) is 0 Å². The van der Waals surface area contributed by atoms with E-state index in [1.54, 1.807) is 18.2 Å². The predicted molar refractivity (Wildman–Crippen MR) is 47.0 cm³/mol. The van der Waals surface area contributed by atoms with Gasteiger partial charge in [0.25, 0.3) is 10.1 Å². The summed E-state index contributed by atoms with van der Waals surface area (Å²) in [5, 5.41) is 0. The zero-order chi connectivity index (χ0) is 9.90. The molecule has 13 heavy (non-hydrogen) atoms. The van der Waals surface area contributed by atoms with E-state index in [1.807, 2.05) is 0 Å². The molecule has 0 aromatic heterocycles. The van der Waals surface area contributed by atoms with Crippen molar-refractivity contribution in [1.29, 1.82) is 0 Å². The lowest BCUT2D eigenvalue weighted by Gasteiger charge is -2.04. The van der Waals surface area contributed by atoms with Crippen molar-refractivity contribution in [2.24, 2.45) is 0 Å². The third-order valence-electron chi connectivity index (χ3n) is 1.55. The average Bonchev–Trinajstić information content (AvgIpc) is 2.04. The SMILES string of the molecule is COCc1ccccc1S(=O)(=O)O. The molecule has 4 nitrogen and oxygen atoms in total. The number of rotatable bonds is 3. The molecule has 0 amide bonds. The van der Waals surface area contributed by atoms with Crippen LogP contribution in [0.1, 0.15) is 5.56 Å². The van der Waals surface area contributed by atoms with Crippen LogP contribution >= 0.6 is 0 Å². The molecule has 0 atom stereocenters. The maximum absolute atomic E-state index is 10.8. The molecule has 0 heterocycles. The van der Waals surface area contributed by atoms with Gasteiger partial charge in [0.1, 0.15) is 0 Å². The Morgan fingerprint density at radius 1 is 1.38 bits per heavy atom. The second kappa shape index (κ2) is 3.87. The molecule has 0 aliphatic carbocycles. The van der Waals surface area contributed by atoms with Gasteiger partial charge in [0, 0.05) is 7.11 Å². The molecule has 0 saturated carbocycles. The quantitative estimate of drug-likeness (QED) is 0.745. The van der Waals surface area contributed by atoms with Crippen molar-refractivity contribution in [3.05, 3.63) is 29.8 Å². The molecule has 0 radical (unpaired) electrons. The van der Waals surface area contributed by atoms with E-state index in [0.717, 1.165) is 0 Å². The maximum Gasteiger partial charge on any atom is 0.294 e. The first-order chi connectivity index (χ1) is 6.05. The fourth-order valence-electron chi connectivity index (χ4n) is 1.03. The van der Waals surface area contributed by atoms with Crippen molar-refractivity contribution in [2.45, 2.75) is 11.5 Å². The topological polar surface area (TPSA) is 63.6 Å². The van der Waals surface area contributed by atoms with Crippen LogP contribution in [-0.2, 0) is 21.5 Å².